The first-order valence-corrected chi connectivity index (χ1v) is 3.28. The van der Waals surface area contributed by atoms with E-state index < -0.39 is 4.30 Å². The Morgan fingerprint density at radius 3 is 1.50 bits per heavy atom. The summed E-state index contributed by atoms with van der Waals surface area (Å²) in [5.74, 6) is -0.245. The van der Waals surface area contributed by atoms with E-state index in [0.717, 1.165) is 0 Å². The van der Waals surface area contributed by atoms with Crippen molar-refractivity contribution in [1.82, 2.24) is 0 Å². The smallest absolute Gasteiger partial charge is 0.302 e. The van der Waals surface area contributed by atoms with Crippen molar-refractivity contribution in [2.75, 3.05) is 7.11 Å². The van der Waals surface area contributed by atoms with E-state index in [0.29, 0.717) is 0 Å². The maximum absolute atomic E-state index is 9.59. The van der Waals surface area contributed by atoms with Gasteiger partial charge in [-0.1, -0.05) is 34.8 Å². The van der Waals surface area contributed by atoms with Gasteiger partial charge in [0.25, 0.3) is 0 Å². The lowest BCUT2D eigenvalue weighted by molar-refractivity contribution is -0.137. The van der Waals surface area contributed by atoms with E-state index in [1.165, 1.54) is 14.0 Å². The number of ether oxygens (including phenoxy) is 1. The molecule has 6 heteroatoms. The minimum atomic E-state index is -0.750. The first-order chi connectivity index (χ1) is 4.00. The molecule has 0 aliphatic carbocycles. The number of halogens is 3. The quantitative estimate of drug-likeness (QED) is 0.448. The van der Waals surface area contributed by atoms with Gasteiger partial charge in [-0.2, -0.15) is 0 Å². The van der Waals surface area contributed by atoms with Gasteiger partial charge in [-0.05, 0) is 0 Å². The lowest BCUT2D eigenvalue weighted by Gasteiger charge is -1.80. The van der Waals surface area contributed by atoms with Gasteiger partial charge in [0.15, 0.2) is 4.30 Å². The molecule has 0 saturated heterocycles. The Hall–Kier alpha value is 0.300. The van der Waals surface area contributed by atoms with Gasteiger partial charge in [0.2, 0.25) is 0 Å². The van der Waals surface area contributed by atoms with Crippen molar-refractivity contribution in [3.63, 3.8) is 0 Å². The molecule has 10 heavy (non-hydrogen) atoms. The SMILES string of the molecule is COC(C)=O.ClC(Cl)Cl.O. The predicted molar refractivity (Wildman–Crippen MR) is 42.7 cm³/mol. The second kappa shape index (κ2) is 12.0. The summed E-state index contributed by atoms with van der Waals surface area (Å²) in [5, 5.41) is 0. The zero-order chi connectivity index (χ0) is 7.86. The molecule has 0 unspecified atom stereocenters. The molecule has 2 N–H and O–H groups in total. The number of hydrogen-bond acceptors (Lipinski definition) is 2. The van der Waals surface area contributed by atoms with Crippen molar-refractivity contribution < 1.29 is 15.0 Å². The summed E-state index contributed by atoms with van der Waals surface area (Å²) >= 11 is 14.4. The van der Waals surface area contributed by atoms with Crippen LogP contribution < -0.4 is 0 Å². The average Bonchev–Trinajstić information content (AvgIpc) is 1.65. The van der Waals surface area contributed by atoms with Crippen LogP contribution in [-0.4, -0.2) is 22.9 Å². The first-order valence-electron chi connectivity index (χ1n) is 1.97. The average molecular weight is 211 g/mol. The van der Waals surface area contributed by atoms with Gasteiger partial charge in [-0.15, -0.1) is 0 Å². The topological polar surface area (TPSA) is 57.8 Å². The molecule has 0 aromatic heterocycles. The van der Waals surface area contributed by atoms with Crippen LogP contribution in [0.4, 0.5) is 0 Å². The molecular weight excluding hydrogens is 202 g/mol. The Morgan fingerprint density at radius 2 is 1.50 bits per heavy atom. The van der Waals surface area contributed by atoms with Crippen LogP contribution in [0.15, 0.2) is 0 Å². The fourth-order valence-electron chi connectivity index (χ4n) is 0. The molecule has 0 aliphatic rings. The maximum atomic E-state index is 9.59. The molecule has 0 fully saturated rings. The summed E-state index contributed by atoms with van der Waals surface area (Å²) in [6, 6.07) is 0. The van der Waals surface area contributed by atoms with Crippen LogP contribution in [0.25, 0.3) is 0 Å². The van der Waals surface area contributed by atoms with E-state index in [9.17, 15) is 4.79 Å². The summed E-state index contributed by atoms with van der Waals surface area (Å²) in [5.41, 5.74) is 0. The van der Waals surface area contributed by atoms with Crippen molar-refractivity contribution in [2.45, 2.75) is 11.2 Å². The van der Waals surface area contributed by atoms with Gasteiger partial charge in [0, 0.05) is 6.92 Å². The highest BCUT2D eigenvalue weighted by Crippen LogP contribution is 2.03. The minimum Gasteiger partial charge on any atom is -0.469 e. The molecule has 0 aromatic rings. The number of methoxy groups -OCH3 is 1. The molecule has 0 rings (SSSR count). The van der Waals surface area contributed by atoms with Crippen molar-refractivity contribution in [3.8, 4) is 0 Å². The summed E-state index contributed by atoms with van der Waals surface area (Å²) < 4.78 is 3.36. The minimum absolute atomic E-state index is 0. The van der Waals surface area contributed by atoms with Crippen LogP contribution in [0, 0.1) is 0 Å². The van der Waals surface area contributed by atoms with Crippen molar-refractivity contribution in [2.24, 2.45) is 0 Å². The maximum Gasteiger partial charge on any atom is 0.302 e. The number of esters is 1. The van der Waals surface area contributed by atoms with Gasteiger partial charge in [-0.25, -0.2) is 0 Å². The molecular formula is C4H9Cl3O3. The largest absolute Gasteiger partial charge is 0.469 e. The van der Waals surface area contributed by atoms with Gasteiger partial charge in [-0.3, -0.25) is 4.79 Å². The normalized spacial score (nSPS) is 7.00. The van der Waals surface area contributed by atoms with Crippen molar-refractivity contribution in [3.05, 3.63) is 0 Å². The molecule has 0 radical (unpaired) electrons. The van der Waals surface area contributed by atoms with E-state index in [4.69, 9.17) is 34.8 Å². The fourth-order valence-corrected chi connectivity index (χ4v) is 0. The zero-order valence-corrected chi connectivity index (χ0v) is 7.80. The number of alkyl halides is 3. The molecule has 0 heterocycles. The standard InChI is InChI=1S/C3H6O2.CHCl3.H2O/c1-3(4)5-2;2-1(3)4;/h1-2H3;1H;1H2. The number of rotatable bonds is 0. The van der Waals surface area contributed by atoms with Gasteiger partial charge in [0.1, 0.15) is 0 Å². The van der Waals surface area contributed by atoms with Crippen molar-refractivity contribution in [1.29, 1.82) is 0 Å². The summed E-state index contributed by atoms with van der Waals surface area (Å²) in [6.07, 6.45) is 0. The third-order valence-electron chi connectivity index (χ3n) is 0.287. The third kappa shape index (κ3) is 83.6. The lowest BCUT2D eigenvalue weighted by atomic mass is 10.8. The molecule has 0 amide bonds. The molecule has 0 atom stereocenters. The highest BCUT2D eigenvalue weighted by molar-refractivity contribution is 6.63. The lowest BCUT2D eigenvalue weighted by Crippen LogP contribution is -1.88. The second-order valence-corrected chi connectivity index (χ2v) is 2.92. The Labute approximate surface area is 74.5 Å². The fraction of sp³-hybridized carbons (Fsp3) is 0.750. The molecule has 0 aliphatic heterocycles. The van der Waals surface area contributed by atoms with E-state index >= 15 is 0 Å². The van der Waals surface area contributed by atoms with Crippen LogP contribution in [0.1, 0.15) is 6.92 Å². The summed E-state index contributed by atoms with van der Waals surface area (Å²) in [6.45, 7) is 1.36. The number of carbonyl (C=O) groups is 1. The Kier molecular flexibility index (Phi) is 20.1. The zero-order valence-electron chi connectivity index (χ0n) is 5.53. The van der Waals surface area contributed by atoms with Gasteiger partial charge < -0.3 is 10.2 Å². The highest BCUT2D eigenvalue weighted by atomic mass is 35.6. The second-order valence-electron chi connectivity index (χ2n) is 0.943. The molecule has 64 valence electrons. The Morgan fingerprint density at radius 1 is 1.40 bits per heavy atom. The third-order valence-corrected chi connectivity index (χ3v) is 0.287. The molecule has 0 spiro atoms. The number of hydrogen-bond donors (Lipinski definition) is 0. The van der Waals surface area contributed by atoms with Crippen LogP contribution in [0.3, 0.4) is 0 Å². The van der Waals surface area contributed by atoms with Gasteiger partial charge in [0.05, 0.1) is 7.11 Å². The summed E-state index contributed by atoms with van der Waals surface area (Å²) in [4.78, 5) is 9.59. The van der Waals surface area contributed by atoms with Crippen LogP contribution in [-0.2, 0) is 9.53 Å². The Bertz CT molecular complexity index is 73.4. The first kappa shape index (κ1) is 16.7. The monoisotopic (exact) mass is 210 g/mol. The van der Waals surface area contributed by atoms with E-state index in [1.54, 1.807) is 0 Å². The number of carbonyl (C=O) groups excluding carboxylic acids is 1. The van der Waals surface area contributed by atoms with E-state index in [-0.39, 0.29) is 11.4 Å². The van der Waals surface area contributed by atoms with E-state index in [1.807, 2.05) is 0 Å². The van der Waals surface area contributed by atoms with Crippen molar-refractivity contribution >= 4 is 40.8 Å². The molecule has 3 nitrogen and oxygen atoms in total. The van der Waals surface area contributed by atoms with Crippen LogP contribution in [0.5, 0.6) is 0 Å². The predicted octanol–water partition coefficient (Wildman–Crippen LogP) is 1.34. The summed E-state index contributed by atoms with van der Waals surface area (Å²) in [7, 11) is 1.35. The Balaban J connectivity index is -0.0000000910. The molecule has 0 bridgehead atoms. The molecule has 0 saturated carbocycles. The van der Waals surface area contributed by atoms with Crippen LogP contribution >= 0.6 is 34.8 Å². The molecule has 0 aromatic carbocycles. The van der Waals surface area contributed by atoms with Gasteiger partial charge >= 0.3 is 5.97 Å². The van der Waals surface area contributed by atoms with E-state index in [2.05, 4.69) is 4.74 Å². The highest BCUT2D eigenvalue weighted by Gasteiger charge is 1.78. The van der Waals surface area contributed by atoms with Crippen LogP contribution in [0.2, 0.25) is 0 Å².